The second-order valence-corrected chi connectivity index (χ2v) is 5.20. The second-order valence-electron chi connectivity index (χ2n) is 5.20. The van der Waals surface area contributed by atoms with E-state index in [1.54, 1.807) is 25.3 Å². The molecule has 8 heteroatoms. The first-order chi connectivity index (χ1) is 12.1. The third-order valence-electron chi connectivity index (χ3n) is 3.71. The van der Waals surface area contributed by atoms with E-state index in [0.717, 1.165) is 0 Å². The maximum atomic E-state index is 14.6. The van der Waals surface area contributed by atoms with E-state index in [1.807, 2.05) is 0 Å². The molecule has 0 saturated heterocycles. The number of fused-ring (bicyclic) bond motifs is 1. The normalized spacial score (nSPS) is 10.7. The molecule has 3 aromatic rings. The van der Waals surface area contributed by atoms with Crippen molar-refractivity contribution < 1.29 is 13.9 Å². The summed E-state index contributed by atoms with van der Waals surface area (Å²) in [6.07, 6.45) is 1.54. The first-order valence-corrected chi connectivity index (χ1v) is 7.60. The Morgan fingerprint density at radius 2 is 2.12 bits per heavy atom. The molecule has 0 aliphatic carbocycles. The van der Waals surface area contributed by atoms with Crippen molar-refractivity contribution in [2.45, 2.75) is 6.92 Å². The lowest BCUT2D eigenvalue weighted by atomic mass is 10.0. The Bertz CT molecular complexity index is 961. The predicted octanol–water partition coefficient (Wildman–Crippen LogP) is 2.17. The summed E-state index contributed by atoms with van der Waals surface area (Å²) in [6, 6.07) is 6.07. The van der Waals surface area contributed by atoms with Gasteiger partial charge in [-0.05, 0) is 31.2 Å². The molecule has 2 heterocycles. The van der Waals surface area contributed by atoms with Gasteiger partial charge in [0.2, 0.25) is 5.88 Å². The maximum Gasteiger partial charge on any atom is 0.273 e. The van der Waals surface area contributed by atoms with Gasteiger partial charge in [0.05, 0.1) is 18.4 Å². The molecule has 0 unspecified atom stereocenters. The van der Waals surface area contributed by atoms with Gasteiger partial charge in [0.1, 0.15) is 11.3 Å². The molecular formula is C17H16FN5O2. The van der Waals surface area contributed by atoms with Crippen LogP contribution >= 0.6 is 0 Å². The van der Waals surface area contributed by atoms with Crippen molar-refractivity contribution >= 4 is 22.5 Å². The topological polar surface area (TPSA) is 103 Å². The van der Waals surface area contributed by atoms with Gasteiger partial charge in [0.25, 0.3) is 5.91 Å². The highest BCUT2D eigenvalue weighted by atomic mass is 19.1. The van der Waals surface area contributed by atoms with Gasteiger partial charge < -0.3 is 15.8 Å². The number of nitrogens with two attached hydrogens (primary N) is 1. The summed E-state index contributed by atoms with van der Waals surface area (Å²) in [5.74, 6) is -0.695. The van der Waals surface area contributed by atoms with Gasteiger partial charge in [-0.2, -0.15) is 0 Å². The zero-order valence-corrected chi connectivity index (χ0v) is 13.7. The third kappa shape index (κ3) is 2.82. The zero-order valence-electron chi connectivity index (χ0n) is 13.7. The molecule has 0 aliphatic heterocycles. The number of benzene rings is 1. The standard InChI is InChI=1S/C17H16FN5O2/c1-3-20-16(24)15-13(19)10-6-7-11(18)12(14(10)22-23-15)9-5-4-8-21-17(9)25-2/h4-8H,3H2,1-2H3,(H2,19,22)(H,20,24). The molecule has 2 aromatic heterocycles. The highest BCUT2D eigenvalue weighted by Crippen LogP contribution is 2.36. The van der Waals surface area contributed by atoms with Gasteiger partial charge >= 0.3 is 0 Å². The summed E-state index contributed by atoms with van der Waals surface area (Å²) in [5, 5.41) is 11.0. The van der Waals surface area contributed by atoms with Crippen LogP contribution in [0.2, 0.25) is 0 Å². The van der Waals surface area contributed by atoms with Gasteiger partial charge in [0, 0.05) is 23.7 Å². The van der Waals surface area contributed by atoms with E-state index < -0.39 is 11.7 Å². The van der Waals surface area contributed by atoms with E-state index in [4.69, 9.17) is 10.5 Å². The molecule has 25 heavy (non-hydrogen) atoms. The number of nitrogens with one attached hydrogen (secondary N) is 1. The molecule has 0 fully saturated rings. The number of carbonyl (C=O) groups excluding carboxylic acids is 1. The molecule has 7 nitrogen and oxygen atoms in total. The van der Waals surface area contributed by atoms with Crippen LogP contribution in [0.3, 0.4) is 0 Å². The van der Waals surface area contributed by atoms with Crippen molar-refractivity contribution in [3.8, 4) is 17.0 Å². The van der Waals surface area contributed by atoms with E-state index in [0.29, 0.717) is 17.5 Å². The van der Waals surface area contributed by atoms with Crippen LogP contribution in [0.4, 0.5) is 10.1 Å². The number of carbonyl (C=O) groups is 1. The van der Waals surface area contributed by atoms with E-state index in [2.05, 4.69) is 20.5 Å². The summed E-state index contributed by atoms with van der Waals surface area (Å²) < 4.78 is 19.8. The maximum absolute atomic E-state index is 14.6. The van der Waals surface area contributed by atoms with Crippen molar-refractivity contribution in [3.05, 3.63) is 42.0 Å². The van der Waals surface area contributed by atoms with Crippen LogP contribution < -0.4 is 15.8 Å². The molecule has 0 radical (unpaired) electrons. The predicted molar refractivity (Wildman–Crippen MR) is 91.7 cm³/mol. The summed E-state index contributed by atoms with van der Waals surface area (Å²) in [6.45, 7) is 2.21. The van der Waals surface area contributed by atoms with Crippen LogP contribution in [0.5, 0.6) is 5.88 Å². The molecule has 0 spiro atoms. The van der Waals surface area contributed by atoms with E-state index >= 15 is 0 Å². The molecule has 0 aliphatic rings. The summed E-state index contributed by atoms with van der Waals surface area (Å²) in [5.41, 5.74) is 7.06. The summed E-state index contributed by atoms with van der Waals surface area (Å²) in [7, 11) is 1.45. The minimum absolute atomic E-state index is 0.00469. The Morgan fingerprint density at radius 3 is 2.84 bits per heavy atom. The molecule has 3 N–H and O–H groups in total. The van der Waals surface area contributed by atoms with Crippen LogP contribution in [0.15, 0.2) is 30.5 Å². The number of nitrogens with zero attached hydrogens (tertiary/aromatic N) is 3. The minimum Gasteiger partial charge on any atom is -0.481 e. The minimum atomic E-state index is -0.516. The molecular weight excluding hydrogens is 325 g/mol. The number of methoxy groups -OCH3 is 1. The summed E-state index contributed by atoms with van der Waals surface area (Å²) in [4.78, 5) is 16.1. The third-order valence-corrected chi connectivity index (χ3v) is 3.71. The van der Waals surface area contributed by atoms with Gasteiger partial charge in [0.15, 0.2) is 5.69 Å². The van der Waals surface area contributed by atoms with Crippen LogP contribution in [-0.4, -0.2) is 34.7 Å². The Kier molecular flexibility index (Phi) is 4.42. The number of pyridine rings is 1. The van der Waals surface area contributed by atoms with Crippen LogP contribution in [0, 0.1) is 5.82 Å². The molecule has 0 bridgehead atoms. The van der Waals surface area contributed by atoms with E-state index in [9.17, 15) is 9.18 Å². The molecule has 0 atom stereocenters. The fourth-order valence-corrected chi connectivity index (χ4v) is 2.58. The van der Waals surface area contributed by atoms with Gasteiger partial charge in [-0.1, -0.05) is 0 Å². The van der Waals surface area contributed by atoms with Crippen molar-refractivity contribution in [2.24, 2.45) is 0 Å². The Balaban J connectivity index is 2.29. The van der Waals surface area contributed by atoms with Crippen molar-refractivity contribution in [1.82, 2.24) is 20.5 Å². The summed E-state index contributed by atoms with van der Waals surface area (Å²) >= 11 is 0. The van der Waals surface area contributed by atoms with Crippen molar-refractivity contribution in [1.29, 1.82) is 0 Å². The first-order valence-electron chi connectivity index (χ1n) is 7.60. The quantitative estimate of drug-likeness (QED) is 0.754. The molecule has 1 aromatic carbocycles. The first kappa shape index (κ1) is 16.6. The van der Waals surface area contributed by atoms with Crippen LogP contribution in [0.25, 0.3) is 22.0 Å². The van der Waals surface area contributed by atoms with Crippen LogP contribution in [-0.2, 0) is 0 Å². The van der Waals surface area contributed by atoms with Gasteiger partial charge in [-0.25, -0.2) is 9.37 Å². The number of ether oxygens (including phenoxy) is 1. The SMILES string of the molecule is CCNC(=O)c1nnc2c(-c3cccnc3OC)c(F)ccc2c1N. The second kappa shape index (κ2) is 6.68. The fourth-order valence-electron chi connectivity index (χ4n) is 2.58. The largest absolute Gasteiger partial charge is 0.481 e. The highest BCUT2D eigenvalue weighted by Gasteiger charge is 2.21. The molecule has 1 amide bonds. The number of rotatable bonds is 4. The Hall–Kier alpha value is -3.29. The van der Waals surface area contributed by atoms with E-state index in [1.165, 1.54) is 19.2 Å². The zero-order chi connectivity index (χ0) is 18.0. The number of hydrogen-bond donors (Lipinski definition) is 2. The van der Waals surface area contributed by atoms with Gasteiger partial charge in [-0.3, -0.25) is 4.79 Å². The highest BCUT2D eigenvalue weighted by molar-refractivity contribution is 6.07. The molecule has 0 saturated carbocycles. The Morgan fingerprint density at radius 1 is 1.32 bits per heavy atom. The monoisotopic (exact) mass is 341 g/mol. The lowest BCUT2D eigenvalue weighted by Crippen LogP contribution is -2.25. The van der Waals surface area contributed by atoms with Crippen molar-refractivity contribution in [2.75, 3.05) is 19.4 Å². The lowest BCUT2D eigenvalue weighted by molar-refractivity contribution is 0.0951. The van der Waals surface area contributed by atoms with Gasteiger partial charge in [-0.15, -0.1) is 10.2 Å². The number of nitrogen functional groups attached to an aromatic ring is 1. The smallest absolute Gasteiger partial charge is 0.273 e. The lowest BCUT2D eigenvalue weighted by Gasteiger charge is -2.12. The molecule has 128 valence electrons. The Labute approximate surface area is 143 Å². The number of amides is 1. The number of aromatic nitrogens is 3. The van der Waals surface area contributed by atoms with E-state index in [-0.39, 0.29) is 28.3 Å². The fraction of sp³-hybridized carbons (Fsp3) is 0.176. The average molecular weight is 341 g/mol. The molecule has 3 rings (SSSR count). The van der Waals surface area contributed by atoms with Crippen molar-refractivity contribution in [3.63, 3.8) is 0 Å². The van der Waals surface area contributed by atoms with Crippen LogP contribution in [0.1, 0.15) is 17.4 Å². The number of halogens is 1. The average Bonchev–Trinajstić information content (AvgIpc) is 2.62. The number of anilines is 1. The number of hydrogen-bond acceptors (Lipinski definition) is 6.